The van der Waals surface area contributed by atoms with Gasteiger partial charge in [-0.25, -0.2) is 0 Å². The molecule has 0 bridgehead atoms. The lowest BCUT2D eigenvalue weighted by molar-refractivity contribution is 0.0973. The lowest BCUT2D eigenvalue weighted by atomic mass is 10.2. The average Bonchev–Trinajstić information content (AvgIpc) is 2.28. The molecule has 0 saturated heterocycles. The van der Waals surface area contributed by atoms with Gasteiger partial charge in [-0.15, -0.1) is 0 Å². The summed E-state index contributed by atoms with van der Waals surface area (Å²) in [5.41, 5.74) is 1.10. The Morgan fingerprint density at radius 3 is 3.17 bits per heavy atom. The zero-order valence-corrected chi connectivity index (χ0v) is 7.88. The van der Waals surface area contributed by atoms with Gasteiger partial charge in [0.05, 0.1) is 12.7 Å². The van der Waals surface area contributed by atoms with Crippen molar-refractivity contribution in [1.82, 2.24) is 0 Å². The molecule has 12 heavy (non-hydrogen) atoms. The Morgan fingerprint density at radius 1 is 1.58 bits per heavy atom. The summed E-state index contributed by atoms with van der Waals surface area (Å²) in [6.45, 7) is 6.52. The summed E-state index contributed by atoms with van der Waals surface area (Å²) < 4.78 is 5.64. The number of rotatable bonds is 3. The van der Waals surface area contributed by atoms with Crippen molar-refractivity contribution < 1.29 is 4.74 Å². The van der Waals surface area contributed by atoms with Crippen LogP contribution in [-0.2, 0) is 4.74 Å². The molecule has 1 aliphatic carbocycles. The first-order chi connectivity index (χ1) is 5.79. The van der Waals surface area contributed by atoms with Gasteiger partial charge in [-0.1, -0.05) is 30.7 Å². The molecule has 0 heterocycles. The maximum absolute atomic E-state index is 5.64. The molecule has 1 atom stereocenters. The van der Waals surface area contributed by atoms with Crippen LogP contribution < -0.4 is 0 Å². The molecule has 0 saturated carbocycles. The van der Waals surface area contributed by atoms with Crippen molar-refractivity contribution >= 4 is 0 Å². The highest BCUT2D eigenvalue weighted by Crippen LogP contribution is 2.14. The predicted octanol–water partition coefficient (Wildman–Crippen LogP) is 3.08. The van der Waals surface area contributed by atoms with Crippen molar-refractivity contribution in [3.63, 3.8) is 0 Å². The molecule has 0 aromatic rings. The predicted molar refractivity (Wildman–Crippen MR) is 52.2 cm³/mol. The Morgan fingerprint density at radius 2 is 2.42 bits per heavy atom. The molecule has 0 unspecified atom stereocenters. The van der Waals surface area contributed by atoms with Gasteiger partial charge in [0.25, 0.3) is 0 Å². The maximum atomic E-state index is 5.64. The van der Waals surface area contributed by atoms with Crippen molar-refractivity contribution in [2.45, 2.75) is 38.7 Å². The van der Waals surface area contributed by atoms with E-state index >= 15 is 0 Å². The van der Waals surface area contributed by atoms with E-state index < -0.39 is 0 Å². The zero-order valence-electron chi connectivity index (χ0n) is 7.88. The van der Waals surface area contributed by atoms with Gasteiger partial charge >= 0.3 is 0 Å². The van der Waals surface area contributed by atoms with E-state index in [0.717, 1.165) is 5.57 Å². The number of hydrogen-bond donors (Lipinski definition) is 0. The molecule has 0 aromatic carbocycles. The molecule has 0 aromatic heterocycles. The van der Waals surface area contributed by atoms with Crippen LogP contribution in [0.15, 0.2) is 24.3 Å². The zero-order chi connectivity index (χ0) is 8.81. The van der Waals surface area contributed by atoms with E-state index in [4.69, 9.17) is 4.74 Å². The molecule has 1 aliphatic rings. The third-order valence-corrected chi connectivity index (χ3v) is 2.00. The summed E-state index contributed by atoms with van der Waals surface area (Å²) in [4.78, 5) is 0. The summed E-state index contributed by atoms with van der Waals surface area (Å²) in [7, 11) is 0. The molecule has 1 heteroatoms. The monoisotopic (exact) mass is 166 g/mol. The summed E-state index contributed by atoms with van der Waals surface area (Å²) in [6, 6.07) is 0. The minimum Gasteiger partial charge on any atom is -0.370 e. The van der Waals surface area contributed by atoms with Crippen LogP contribution in [0.1, 0.15) is 32.6 Å². The lowest BCUT2D eigenvalue weighted by Crippen LogP contribution is -2.10. The minimum atomic E-state index is 0.337. The van der Waals surface area contributed by atoms with Crippen molar-refractivity contribution in [3.8, 4) is 0 Å². The third-order valence-electron chi connectivity index (χ3n) is 2.00. The van der Waals surface area contributed by atoms with E-state index in [2.05, 4.69) is 18.7 Å². The first-order valence-corrected chi connectivity index (χ1v) is 4.71. The van der Waals surface area contributed by atoms with E-state index in [1.807, 2.05) is 6.92 Å². The quantitative estimate of drug-likeness (QED) is 0.585. The average molecular weight is 166 g/mol. The molecule has 0 aliphatic heterocycles. The number of allylic oxidation sites excluding steroid dienone is 1. The smallest absolute Gasteiger partial charge is 0.0760 e. The number of hydrogen-bond acceptors (Lipinski definition) is 1. The Labute approximate surface area is 75.1 Å². The molecular weight excluding hydrogens is 148 g/mol. The Kier molecular flexibility index (Phi) is 4.09. The standard InChI is InChI=1S/C11H18O/c1-10(2)9-12-11-7-5-3-4-6-8-11/h5,7,11H,1,3-4,6,8-9H2,2H3/t11-/m0/s1. The Hall–Kier alpha value is -0.560. The molecule has 0 N–H and O–H groups in total. The van der Waals surface area contributed by atoms with Crippen LogP contribution in [0.2, 0.25) is 0 Å². The highest BCUT2D eigenvalue weighted by molar-refractivity contribution is 4.94. The molecule has 68 valence electrons. The largest absolute Gasteiger partial charge is 0.370 e. The fourth-order valence-electron chi connectivity index (χ4n) is 1.34. The molecule has 1 rings (SSSR count). The van der Waals surface area contributed by atoms with Crippen LogP contribution >= 0.6 is 0 Å². The summed E-state index contributed by atoms with van der Waals surface area (Å²) in [6.07, 6.45) is 9.74. The Balaban J connectivity index is 2.25. The van der Waals surface area contributed by atoms with Crippen LogP contribution in [0.4, 0.5) is 0 Å². The first-order valence-electron chi connectivity index (χ1n) is 4.71. The molecule has 0 amide bonds. The summed E-state index contributed by atoms with van der Waals surface area (Å²) in [5.74, 6) is 0. The molecular formula is C11H18O. The van der Waals surface area contributed by atoms with Gasteiger partial charge in [0, 0.05) is 0 Å². The lowest BCUT2D eigenvalue weighted by Gasteiger charge is -2.11. The van der Waals surface area contributed by atoms with Gasteiger partial charge in [-0.3, -0.25) is 0 Å². The van der Waals surface area contributed by atoms with Crippen molar-refractivity contribution in [2.24, 2.45) is 0 Å². The summed E-state index contributed by atoms with van der Waals surface area (Å²) >= 11 is 0. The van der Waals surface area contributed by atoms with Crippen LogP contribution in [0.3, 0.4) is 0 Å². The SMILES string of the molecule is C=C(C)CO[C@H]1C=CCCCC1. The molecule has 0 spiro atoms. The summed E-state index contributed by atoms with van der Waals surface area (Å²) in [5, 5.41) is 0. The van der Waals surface area contributed by atoms with E-state index in [9.17, 15) is 0 Å². The minimum absolute atomic E-state index is 0.337. The first kappa shape index (κ1) is 9.53. The van der Waals surface area contributed by atoms with Gasteiger partial charge in [-0.2, -0.15) is 0 Å². The van der Waals surface area contributed by atoms with Crippen LogP contribution in [0.25, 0.3) is 0 Å². The Bertz CT molecular complexity index is 170. The van der Waals surface area contributed by atoms with Crippen LogP contribution in [0, 0.1) is 0 Å². The fourth-order valence-corrected chi connectivity index (χ4v) is 1.34. The third kappa shape index (κ3) is 3.72. The van der Waals surface area contributed by atoms with Crippen molar-refractivity contribution in [2.75, 3.05) is 6.61 Å². The van der Waals surface area contributed by atoms with Gasteiger partial charge in [0.15, 0.2) is 0 Å². The van der Waals surface area contributed by atoms with Gasteiger partial charge in [-0.05, 0) is 26.2 Å². The van der Waals surface area contributed by atoms with Gasteiger partial charge in [0.1, 0.15) is 0 Å². The second-order valence-corrected chi connectivity index (χ2v) is 3.52. The normalized spacial score (nSPS) is 23.6. The highest BCUT2D eigenvalue weighted by atomic mass is 16.5. The number of ether oxygens (including phenoxy) is 1. The van der Waals surface area contributed by atoms with Gasteiger partial charge < -0.3 is 4.74 Å². The van der Waals surface area contributed by atoms with E-state index in [-0.39, 0.29) is 0 Å². The fraction of sp³-hybridized carbons (Fsp3) is 0.636. The van der Waals surface area contributed by atoms with Crippen LogP contribution in [0.5, 0.6) is 0 Å². The highest BCUT2D eigenvalue weighted by Gasteiger charge is 2.06. The molecule has 0 fully saturated rings. The second-order valence-electron chi connectivity index (χ2n) is 3.52. The topological polar surface area (TPSA) is 9.23 Å². The van der Waals surface area contributed by atoms with Crippen molar-refractivity contribution in [3.05, 3.63) is 24.3 Å². The van der Waals surface area contributed by atoms with Gasteiger partial charge in [0.2, 0.25) is 0 Å². The molecule has 0 radical (unpaired) electrons. The second kappa shape index (κ2) is 5.15. The molecule has 1 nitrogen and oxygen atoms in total. The van der Waals surface area contributed by atoms with E-state index in [1.54, 1.807) is 0 Å². The maximum Gasteiger partial charge on any atom is 0.0760 e. The van der Waals surface area contributed by atoms with E-state index in [0.29, 0.717) is 12.7 Å². The van der Waals surface area contributed by atoms with Crippen LogP contribution in [-0.4, -0.2) is 12.7 Å². The van der Waals surface area contributed by atoms with E-state index in [1.165, 1.54) is 25.7 Å². The van der Waals surface area contributed by atoms with Crippen molar-refractivity contribution in [1.29, 1.82) is 0 Å².